The van der Waals surface area contributed by atoms with Gasteiger partial charge in [-0.15, -0.1) is 0 Å². The fourth-order valence-corrected chi connectivity index (χ4v) is 3.31. The Bertz CT molecular complexity index is 826. The summed E-state index contributed by atoms with van der Waals surface area (Å²) < 4.78 is 4.75. The number of nitrogens with zero attached hydrogens (tertiary/aromatic N) is 4. The van der Waals surface area contributed by atoms with Gasteiger partial charge >= 0.3 is 12.0 Å². The van der Waals surface area contributed by atoms with Gasteiger partial charge in [-0.2, -0.15) is 0 Å². The smallest absolute Gasteiger partial charge is 0.356 e. The zero-order valence-electron chi connectivity index (χ0n) is 13.7. The molecule has 1 atom stereocenters. The zero-order chi connectivity index (χ0) is 17.4. The van der Waals surface area contributed by atoms with E-state index in [1.165, 1.54) is 7.11 Å². The van der Waals surface area contributed by atoms with Crippen molar-refractivity contribution >= 4 is 29.2 Å². The zero-order valence-corrected chi connectivity index (χ0v) is 13.7. The molecular weight excluding hydrogens is 322 g/mol. The predicted octanol–water partition coefficient (Wildman–Crippen LogP) is 1.89. The minimum atomic E-state index is -0.525. The van der Waals surface area contributed by atoms with Gasteiger partial charge in [0.2, 0.25) is 0 Å². The van der Waals surface area contributed by atoms with E-state index in [0.717, 1.165) is 25.2 Å². The molecule has 0 unspecified atom stereocenters. The Balaban J connectivity index is 1.71. The molecule has 1 fully saturated rings. The summed E-state index contributed by atoms with van der Waals surface area (Å²) in [4.78, 5) is 36.9. The molecule has 2 aliphatic rings. The van der Waals surface area contributed by atoms with Gasteiger partial charge in [-0.1, -0.05) is 0 Å². The molecule has 128 valence electrons. The minimum Gasteiger partial charge on any atom is -0.464 e. The van der Waals surface area contributed by atoms with E-state index in [0.29, 0.717) is 11.5 Å². The van der Waals surface area contributed by atoms with Crippen molar-refractivity contribution in [2.24, 2.45) is 0 Å². The number of nitrogens with one attached hydrogen (secondary N) is 1. The van der Waals surface area contributed by atoms with Crippen LogP contribution in [0, 0.1) is 0 Å². The molecular formula is C17H17N5O3. The average molecular weight is 339 g/mol. The van der Waals surface area contributed by atoms with Gasteiger partial charge in [0, 0.05) is 19.3 Å². The van der Waals surface area contributed by atoms with Crippen LogP contribution in [-0.4, -0.2) is 48.2 Å². The number of amides is 2. The summed E-state index contributed by atoms with van der Waals surface area (Å²) in [6, 6.07) is 6.71. The van der Waals surface area contributed by atoms with Crippen LogP contribution < -0.4 is 15.1 Å². The molecule has 2 aromatic heterocycles. The third-order valence-corrected chi connectivity index (χ3v) is 4.48. The highest BCUT2D eigenvalue weighted by molar-refractivity contribution is 6.05. The number of esters is 1. The van der Waals surface area contributed by atoms with E-state index >= 15 is 0 Å². The monoisotopic (exact) mass is 339 g/mol. The Morgan fingerprint density at radius 3 is 2.96 bits per heavy atom. The van der Waals surface area contributed by atoms with E-state index in [9.17, 15) is 9.59 Å². The molecule has 8 nitrogen and oxygen atoms in total. The molecule has 0 aliphatic carbocycles. The Labute approximate surface area is 144 Å². The normalized spacial score (nSPS) is 17.9. The number of fused-ring (bicyclic) bond motifs is 4. The lowest BCUT2D eigenvalue weighted by molar-refractivity contribution is 0.0594. The number of rotatable bonds is 2. The van der Waals surface area contributed by atoms with Crippen LogP contribution in [-0.2, 0) is 4.74 Å². The summed E-state index contributed by atoms with van der Waals surface area (Å²) in [6.45, 7) is 1.61. The second-order valence-corrected chi connectivity index (χ2v) is 5.96. The van der Waals surface area contributed by atoms with Gasteiger partial charge in [-0.25, -0.2) is 14.6 Å². The number of pyridine rings is 2. The lowest BCUT2D eigenvalue weighted by Gasteiger charge is -2.35. The first kappa shape index (κ1) is 15.4. The summed E-state index contributed by atoms with van der Waals surface area (Å²) in [5, 5.41) is 2.85. The average Bonchev–Trinajstić information content (AvgIpc) is 3.06. The van der Waals surface area contributed by atoms with Crippen molar-refractivity contribution in [3.8, 4) is 0 Å². The number of hydrogen-bond acceptors (Lipinski definition) is 6. The summed E-state index contributed by atoms with van der Waals surface area (Å²) in [6.07, 6.45) is 4.08. The van der Waals surface area contributed by atoms with E-state index in [1.807, 2.05) is 6.07 Å². The molecule has 0 aromatic carbocycles. The summed E-state index contributed by atoms with van der Waals surface area (Å²) in [7, 11) is 1.31. The quantitative estimate of drug-likeness (QED) is 0.841. The lowest BCUT2D eigenvalue weighted by Crippen LogP contribution is -2.48. The number of anilines is 3. The molecule has 1 saturated heterocycles. The first-order valence-electron chi connectivity index (χ1n) is 8.02. The molecule has 0 spiro atoms. The highest BCUT2D eigenvalue weighted by Gasteiger charge is 2.40. The molecule has 0 saturated carbocycles. The van der Waals surface area contributed by atoms with E-state index in [1.54, 1.807) is 35.5 Å². The number of methoxy groups -OCH3 is 1. The maximum absolute atomic E-state index is 12.9. The van der Waals surface area contributed by atoms with Gasteiger partial charge in [-0.3, -0.25) is 9.88 Å². The third kappa shape index (κ3) is 2.65. The van der Waals surface area contributed by atoms with E-state index in [4.69, 9.17) is 4.74 Å². The van der Waals surface area contributed by atoms with Gasteiger partial charge in [0.1, 0.15) is 0 Å². The fourth-order valence-electron chi connectivity index (χ4n) is 3.31. The van der Waals surface area contributed by atoms with Gasteiger partial charge in [0.15, 0.2) is 11.5 Å². The van der Waals surface area contributed by atoms with Crippen molar-refractivity contribution < 1.29 is 14.3 Å². The first-order valence-corrected chi connectivity index (χ1v) is 8.02. The van der Waals surface area contributed by atoms with Crippen LogP contribution in [0.25, 0.3) is 0 Å². The molecule has 0 radical (unpaired) electrons. The maximum atomic E-state index is 12.9. The molecule has 2 aromatic rings. The van der Waals surface area contributed by atoms with Gasteiger partial charge in [0.05, 0.1) is 30.7 Å². The topological polar surface area (TPSA) is 87.7 Å². The number of urea groups is 1. The van der Waals surface area contributed by atoms with Crippen molar-refractivity contribution in [3.63, 3.8) is 0 Å². The summed E-state index contributed by atoms with van der Waals surface area (Å²) >= 11 is 0. The Morgan fingerprint density at radius 1 is 1.32 bits per heavy atom. The van der Waals surface area contributed by atoms with E-state index in [2.05, 4.69) is 20.2 Å². The second kappa shape index (κ2) is 6.04. The maximum Gasteiger partial charge on any atom is 0.356 e. The summed E-state index contributed by atoms with van der Waals surface area (Å²) in [5.74, 6) is -0.0404. The van der Waals surface area contributed by atoms with Crippen molar-refractivity contribution in [1.29, 1.82) is 0 Å². The fraction of sp³-hybridized carbons (Fsp3) is 0.294. The van der Waals surface area contributed by atoms with E-state index < -0.39 is 5.97 Å². The standard InChI is InChI=1S/C17H17N5O3/c1-25-16(23)13-4-5-14-15(20-13)22(12-6-8-21(14)10-12)17(24)19-11-3-2-7-18-9-11/h2-5,7,9,12H,6,8,10H2,1H3,(H,19,24)/t12-/m0/s1. The van der Waals surface area contributed by atoms with Crippen molar-refractivity contribution in [3.05, 3.63) is 42.4 Å². The minimum absolute atomic E-state index is 0.0181. The molecule has 2 aliphatic heterocycles. The van der Waals surface area contributed by atoms with Crippen LogP contribution >= 0.6 is 0 Å². The number of carbonyl (C=O) groups is 2. The van der Waals surface area contributed by atoms with Crippen molar-refractivity contribution in [2.45, 2.75) is 12.5 Å². The molecule has 4 heterocycles. The molecule has 2 amide bonds. The SMILES string of the molecule is COC(=O)c1ccc2c(n1)N(C(=O)Nc1cccnc1)[C@H]1CCN2C1. The predicted molar refractivity (Wildman–Crippen MR) is 91.9 cm³/mol. The number of ether oxygens (including phenoxy) is 1. The molecule has 8 heteroatoms. The first-order chi connectivity index (χ1) is 12.2. The van der Waals surface area contributed by atoms with Crippen LogP contribution in [0.3, 0.4) is 0 Å². The molecule has 25 heavy (non-hydrogen) atoms. The summed E-state index contributed by atoms with van der Waals surface area (Å²) in [5.41, 5.74) is 1.64. The van der Waals surface area contributed by atoms with Crippen LogP contribution in [0.15, 0.2) is 36.7 Å². The van der Waals surface area contributed by atoms with Gasteiger partial charge in [0.25, 0.3) is 0 Å². The highest BCUT2D eigenvalue weighted by atomic mass is 16.5. The van der Waals surface area contributed by atoms with Gasteiger partial charge < -0.3 is 15.0 Å². The highest BCUT2D eigenvalue weighted by Crippen LogP contribution is 2.39. The number of aromatic nitrogens is 2. The molecule has 2 bridgehead atoms. The lowest BCUT2D eigenvalue weighted by atomic mass is 10.2. The van der Waals surface area contributed by atoms with Crippen molar-refractivity contribution in [1.82, 2.24) is 9.97 Å². The Morgan fingerprint density at radius 2 is 2.20 bits per heavy atom. The number of hydrogen-bond donors (Lipinski definition) is 1. The van der Waals surface area contributed by atoms with Gasteiger partial charge in [-0.05, 0) is 30.7 Å². The van der Waals surface area contributed by atoms with Crippen LogP contribution in [0.2, 0.25) is 0 Å². The Kier molecular flexibility index (Phi) is 3.72. The Hall–Kier alpha value is -3.16. The van der Waals surface area contributed by atoms with Crippen LogP contribution in [0.4, 0.5) is 22.0 Å². The van der Waals surface area contributed by atoms with Crippen LogP contribution in [0.5, 0.6) is 0 Å². The number of carbonyl (C=O) groups excluding carboxylic acids is 2. The van der Waals surface area contributed by atoms with E-state index in [-0.39, 0.29) is 17.8 Å². The molecule has 4 rings (SSSR count). The van der Waals surface area contributed by atoms with Crippen molar-refractivity contribution in [2.75, 3.05) is 35.3 Å². The molecule has 1 N–H and O–H groups in total. The van der Waals surface area contributed by atoms with Crippen LogP contribution in [0.1, 0.15) is 16.9 Å². The largest absolute Gasteiger partial charge is 0.464 e. The third-order valence-electron chi connectivity index (χ3n) is 4.48. The second-order valence-electron chi connectivity index (χ2n) is 5.96.